The van der Waals surface area contributed by atoms with E-state index in [4.69, 9.17) is 27.9 Å². The van der Waals surface area contributed by atoms with Crippen molar-refractivity contribution < 1.29 is 32.3 Å². The van der Waals surface area contributed by atoms with Gasteiger partial charge >= 0.3 is 6.18 Å². The van der Waals surface area contributed by atoms with Crippen LogP contribution < -0.4 is 30.5 Å². The lowest BCUT2D eigenvalue weighted by atomic mass is 9.84. The Kier molecular flexibility index (Phi) is 13.9. The first-order valence-corrected chi connectivity index (χ1v) is 19.7. The monoisotopic (exact) mass is 840 g/mol. The van der Waals surface area contributed by atoms with Gasteiger partial charge in [-0.1, -0.05) is 47.5 Å². The van der Waals surface area contributed by atoms with Gasteiger partial charge in [-0.05, 0) is 65.8 Å². The van der Waals surface area contributed by atoms with Gasteiger partial charge in [-0.3, -0.25) is 14.4 Å². The number of anilines is 4. The van der Waals surface area contributed by atoms with Crippen LogP contribution in [0.5, 0.6) is 5.75 Å². The number of benzene rings is 3. The van der Waals surface area contributed by atoms with Crippen LogP contribution in [0.15, 0.2) is 72.9 Å². The van der Waals surface area contributed by atoms with E-state index in [1.54, 1.807) is 54.3 Å². The number of alkyl halides is 3. The third-order valence-corrected chi connectivity index (χ3v) is 10.7. The second-order valence-electron chi connectivity index (χ2n) is 14.5. The van der Waals surface area contributed by atoms with E-state index < -0.39 is 23.6 Å². The first kappa shape index (κ1) is 42.3. The molecule has 0 radical (unpaired) electrons. The molecule has 2 aliphatic rings. The van der Waals surface area contributed by atoms with Gasteiger partial charge in [0.2, 0.25) is 23.7 Å². The quantitative estimate of drug-likeness (QED) is 0.129. The number of methoxy groups -OCH3 is 1. The van der Waals surface area contributed by atoms with E-state index >= 15 is 0 Å². The highest BCUT2D eigenvalue weighted by molar-refractivity contribution is 6.30. The molecule has 6 rings (SSSR count). The predicted molar refractivity (Wildman–Crippen MR) is 217 cm³/mol. The lowest BCUT2D eigenvalue weighted by Crippen LogP contribution is -2.48. The highest BCUT2D eigenvalue weighted by Crippen LogP contribution is 2.40. The summed E-state index contributed by atoms with van der Waals surface area (Å²) in [7, 11) is 1.49. The molecule has 308 valence electrons. The van der Waals surface area contributed by atoms with E-state index in [1.165, 1.54) is 12.0 Å². The lowest BCUT2D eigenvalue weighted by molar-refractivity contribution is -0.137. The van der Waals surface area contributed by atoms with E-state index in [0.717, 1.165) is 23.0 Å². The Morgan fingerprint density at radius 1 is 0.828 bits per heavy atom. The van der Waals surface area contributed by atoms with Crippen LogP contribution in [-0.4, -0.2) is 79.0 Å². The zero-order valence-corrected chi connectivity index (χ0v) is 33.6. The average Bonchev–Trinajstić information content (AvgIpc) is 3.19. The molecule has 2 aliphatic heterocycles. The molecule has 3 heterocycles. The third-order valence-electron chi connectivity index (χ3n) is 10.2. The van der Waals surface area contributed by atoms with Crippen molar-refractivity contribution in [3.8, 4) is 5.75 Å². The minimum atomic E-state index is -4.80. The number of ether oxygens (including phenoxy) is 1. The second-order valence-corrected chi connectivity index (χ2v) is 15.4. The summed E-state index contributed by atoms with van der Waals surface area (Å²) in [6.45, 7) is 4.59. The topological polar surface area (TPSA) is 132 Å². The maximum Gasteiger partial charge on any atom is 0.421 e. The molecule has 0 aliphatic carbocycles. The van der Waals surface area contributed by atoms with Gasteiger partial charge in [-0.15, -0.1) is 0 Å². The molecule has 3 amide bonds. The summed E-state index contributed by atoms with van der Waals surface area (Å²) < 4.78 is 49.6. The number of piperazine rings is 1. The van der Waals surface area contributed by atoms with Gasteiger partial charge in [0.25, 0.3) is 0 Å². The van der Waals surface area contributed by atoms with Crippen molar-refractivity contribution in [1.82, 2.24) is 25.5 Å². The SMILES string of the molecule is COc1cc(N2CCN(C(C)=O)CC2)ccc1Nc1ncc(C(F)(F)F)c(N2C[C@H](CC(=O)NCc3cccc(Cl)c3)C[C@H](CC(=O)NCc3cccc(Cl)c3)C2)n1. The Hall–Kier alpha value is -5.28. The van der Waals surface area contributed by atoms with Crippen molar-refractivity contribution in [3.63, 3.8) is 0 Å². The van der Waals surface area contributed by atoms with Crippen molar-refractivity contribution in [1.29, 1.82) is 0 Å². The summed E-state index contributed by atoms with van der Waals surface area (Å²) in [5.74, 6) is -1.40. The van der Waals surface area contributed by atoms with E-state index in [2.05, 4.69) is 30.8 Å². The van der Waals surface area contributed by atoms with Gasteiger partial charge in [0.15, 0.2) is 0 Å². The number of piperidine rings is 1. The van der Waals surface area contributed by atoms with Crippen LogP contribution in [-0.2, 0) is 33.6 Å². The molecule has 58 heavy (non-hydrogen) atoms. The predicted octanol–water partition coefficient (Wildman–Crippen LogP) is 7.08. The van der Waals surface area contributed by atoms with Crippen molar-refractivity contribution in [2.45, 2.75) is 45.5 Å². The standard InChI is InChI=1S/C41H45Cl2F3N8O4/c1-26(55)52-11-13-53(14-12-52)33-9-10-35(36(20-33)58-2)50-40-49-23-34(41(44,45)46)39(51-40)54-24-29(18-37(56)47-21-27-5-3-7-31(42)16-27)15-30(25-54)19-38(57)48-22-28-6-4-8-32(43)17-28/h3-10,16-17,20,23,29-30H,11-15,18-19,21-22,24-25H2,1-2H3,(H,47,56)(H,48,57)(H,49,50,51)/t29-,30+. The van der Waals surface area contributed by atoms with Crippen LogP contribution in [0.3, 0.4) is 0 Å². The third kappa shape index (κ3) is 11.4. The van der Waals surface area contributed by atoms with Crippen molar-refractivity contribution in [3.05, 3.63) is 99.7 Å². The number of amides is 3. The summed E-state index contributed by atoms with van der Waals surface area (Å²) in [4.78, 5) is 52.1. The van der Waals surface area contributed by atoms with Crippen LogP contribution in [0, 0.1) is 11.8 Å². The molecule has 0 saturated carbocycles. The van der Waals surface area contributed by atoms with Crippen LogP contribution >= 0.6 is 23.2 Å². The van der Waals surface area contributed by atoms with Gasteiger partial charge in [-0.25, -0.2) is 4.98 Å². The second kappa shape index (κ2) is 19.0. The Morgan fingerprint density at radius 3 is 1.93 bits per heavy atom. The molecule has 2 atom stereocenters. The first-order chi connectivity index (χ1) is 27.7. The molecule has 4 aromatic rings. The van der Waals surface area contributed by atoms with Crippen LogP contribution in [0.25, 0.3) is 0 Å². The Bertz CT molecular complexity index is 2030. The highest BCUT2D eigenvalue weighted by atomic mass is 35.5. The van der Waals surface area contributed by atoms with E-state index in [0.29, 0.717) is 54.1 Å². The number of hydrogen-bond acceptors (Lipinski definition) is 9. The number of hydrogen-bond donors (Lipinski definition) is 3. The number of aromatic nitrogens is 2. The van der Waals surface area contributed by atoms with Crippen molar-refractivity contribution in [2.75, 3.05) is 61.5 Å². The number of nitrogens with one attached hydrogen (secondary N) is 3. The molecule has 0 spiro atoms. The average molecular weight is 842 g/mol. The van der Waals surface area contributed by atoms with Crippen molar-refractivity contribution in [2.24, 2.45) is 11.8 Å². The summed E-state index contributed by atoms with van der Waals surface area (Å²) in [5, 5.41) is 9.87. The lowest BCUT2D eigenvalue weighted by Gasteiger charge is -2.39. The summed E-state index contributed by atoms with van der Waals surface area (Å²) >= 11 is 12.2. The first-order valence-electron chi connectivity index (χ1n) is 18.9. The van der Waals surface area contributed by atoms with E-state index in [1.807, 2.05) is 24.3 Å². The molecular formula is C41H45Cl2F3N8O4. The van der Waals surface area contributed by atoms with Gasteiger partial charge < -0.3 is 35.4 Å². The minimum absolute atomic E-state index is 0.0165. The molecule has 3 N–H and O–H groups in total. The van der Waals surface area contributed by atoms with Crippen LogP contribution in [0.1, 0.15) is 42.9 Å². The van der Waals surface area contributed by atoms with Crippen LogP contribution in [0.4, 0.5) is 36.3 Å². The number of carbonyl (C=O) groups excluding carboxylic acids is 3. The molecule has 0 unspecified atom stereocenters. The van der Waals surface area contributed by atoms with Crippen molar-refractivity contribution >= 4 is 64.1 Å². The Morgan fingerprint density at radius 2 is 1.41 bits per heavy atom. The fraction of sp³-hybridized carbons (Fsp3) is 0.390. The zero-order chi connectivity index (χ0) is 41.4. The molecule has 12 nitrogen and oxygen atoms in total. The smallest absolute Gasteiger partial charge is 0.421 e. The highest BCUT2D eigenvalue weighted by Gasteiger charge is 2.40. The molecule has 3 aromatic carbocycles. The summed E-state index contributed by atoms with van der Waals surface area (Å²) in [5.41, 5.74) is 1.85. The Balaban J connectivity index is 1.22. The molecule has 0 bridgehead atoms. The largest absolute Gasteiger partial charge is 0.494 e. The number of rotatable bonds is 13. The molecule has 17 heteroatoms. The van der Waals surface area contributed by atoms with Gasteiger partial charge in [-0.2, -0.15) is 18.2 Å². The molecule has 1 aromatic heterocycles. The maximum absolute atomic E-state index is 14.6. The fourth-order valence-electron chi connectivity index (χ4n) is 7.40. The van der Waals surface area contributed by atoms with Gasteiger partial charge in [0.05, 0.1) is 12.8 Å². The van der Waals surface area contributed by atoms with Gasteiger partial charge in [0.1, 0.15) is 17.1 Å². The zero-order valence-electron chi connectivity index (χ0n) is 32.1. The molecule has 2 fully saturated rings. The van der Waals surface area contributed by atoms with Crippen LogP contribution in [0.2, 0.25) is 10.0 Å². The number of halogens is 5. The van der Waals surface area contributed by atoms with E-state index in [-0.39, 0.29) is 68.5 Å². The molecular weight excluding hydrogens is 796 g/mol. The fourth-order valence-corrected chi connectivity index (χ4v) is 7.83. The van der Waals surface area contributed by atoms with Gasteiger partial charge in [0, 0.05) is 100 Å². The Labute approximate surface area is 345 Å². The number of nitrogens with zero attached hydrogens (tertiary/aromatic N) is 5. The minimum Gasteiger partial charge on any atom is -0.494 e. The van der Waals surface area contributed by atoms with E-state index in [9.17, 15) is 27.6 Å². The number of carbonyl (C=O) groups is 3. The summed E-state index contributed by atoms with van der Waals surface area (Å²) in [6.07, 6.45) is -3.60. The summed E-state index contributed by atoms with van der Waals surface area (Å²) in [6, 6.07) is 19.6. The maximum atomic E-state index is 14.6. The molecule has 2 saturated heterocycles. The normalized spacial score (nSPS) is 17.1.